The zero-order chi connectivity index (χ0) is 19.8. The molecule has 1 saturated heterocycles. The van der Waals surface area contributed by atoms with Crippen LogP contribution in [-0.2, 0) is 4.74 Å². The van der Waals surface area contributed by atoms with E-state index in [1.807, 2.05) is 17.5 Å². The second-order valence-corrected chi connectivity index (χ2v) is 7.58. The van der Waals surface area contributed by atoms with Crippen molar-refractivity contribution in [3.63, 3.8) is 0 Å². The van der Waals surface area contributed by atoms with Crippen LogP contribution in [0.5, 0.6) is 0 Å². The molecule has 3 aromatic heterocycles. The fourth-order valence-electron chi connectivity index (χ4n) is 3.44. The lowest BCUT2D eigenvalue weighted by Crippen LogP contribution is -2.40. The first-order valence-corrected chi connectivity index (χ1v) is 10.1. The Balaban J connectivity index is 1.73. The third-order valence-corrected chi connectivity index (χ3v) is 5.77. The van der Waals surface area contributed by atoms with Crippen LogP contribution in [0.1, 0.15) is 10.4 Å². The van der Waals surface area contributed by atoms with Crippen molar-refractivity contribution in [1.82, 2.24) is 15.0 Å². The standard InChI is InChI=1S/C21H16FN3O3S/c22-15-5-2-1-4-13(15)19-18-14(21(26)25-7-9-27-10-8-25)12-16(17-6-3-11-29-17)23-20(18)28-24-19/h1-6,11-12H,7-10H2. The number of nitrogens with zero attached hydrogens (tertiary/aromatic N) is 3. The number of carbonyl (C=O) groups is 1. The molecular formula is C21H16FN3O3S. The van der Waals surface area contributed by atoms with Gasteiger partial charge in [-0.05, 0) is 29.6 Å². The number of aromatic nitrogens is 2. The van der Waals surface area contributed by atoms with Crippen molar-refractivity contribution in [3.8, 4) is 21.8 Å². The number of pyridine rings is 1. The van der Waals surface area contributed by atoms with Crippen LogP contribution in [0.15, 0.2) is 52.4 Å². The predicted octanol–water partition coefficient (Wildman–Crippen LogP) is 4.23. The molecule has 0 bridgehead atoms. The van der Waals surface area contributed by atoms with E-state index < -0.39 is 5.82 Å². The topological polar surface area (TPSA) is 68.5 Å². The summed E-state index contributed by atoms with van der Waals surface area (Å²) < 4.78 is 25.3. The molecule has 0 N–H and O–H groups in total. The van der Waals surface area contributed by atoms with Gasteiger partial charge in [0.05, 0.1) is 34.7 Å². The Kier molecular flexibility index (Phi) is 4.57. The maximum atomic E-state index is 14.5. The highest BCUT2D eigenvalue weighted by molar-refractivity contribution is 7.13. The average molecular weight is 409 g/mol. The third-order valence-electron chi connectivity index (χ3n) is 4.88. The Hall–Kier alpha value is -3.10. The Morgan fingerprint density at radius 3 is 2.72 bits per heavy atom. The lowest BCUT2D eigenvalue weighted by atomic mass is 10.0. The Morgan fingerprint density at radius 1 is 1.14 bits per heavy atom. The summed E-state index contributed by atoms with van der Waals surface area (Å²) in [5, 5.41) is 6.43. The molecule has 8 heteroatoms. The van der Waals surface area contributed by atoms with Gasteiger partial charge in [0.15, 0.2) is 0 Å². The highest BCUT2D eigenvalue weighted by Crippen LogP contribution is 2.35. The minimum Gasteiger partial charge on any atom is -0.378 e. The highest BCUT2D eigenvalue weighted by Gasteiger charge is 2.27. The van der Waals surface area contributed by atoms with E-state index in [-0.39, 0.29) is 22.9 Å². The molecule has 0 radical (unpaired) electrons. The van der Waals surface area contributed by atoms with Crippen LogP contribution >= 0.6 is 11.3 Å². The molecule has 5 rings (SSSR count). The van der Waals surface area contributed by atoms with Crippen LogP contribution in [0.3, 0.4) is 0 Å². The molecule has 1 aromatic carbocycles. The lowest BCUT2D eigenvalue weighted by molar-refractivity contribution is 0.0304. The molecule has 29 heavy (non-hydrogen) atoms. The van der Waals surface area contributed by atoms with Crippen molar-refractivity contribution >= 4 is 28.3 Å². The SMILES string of the molecule is O=C(c1cc(-c2cccs2)nc2onc(-c3ccccc3F)c12)N1CCOCC1. The number of rotatable bonds is 3. The fraction of sp³-hybridized carbons (Fsp3) is 0.190. The number of amides is 1. The van der Waals surface area contributed by atoms with Crippen molar-refractivity contribution in [2.24, 2.45) is 0 Å². The molecule has 1 aliphatic heterocycles. The van der Waals surface area contributed by atoms with Crippen molar-refractivity contribution in [3.05, 3.63) is 59.2 Å². The van der Waals surface area contributed by atoms with Gasteiger partial charge in [-0.3, -0.25) is 4.79 Å². The van der Waals surface area contributed by atoms with Gasteiger partial charge in [-0.25, -0.2) is 9.37 Å². The number of morpholine rings is 1. The number of hydrogen-bond acceptors (Lipinski definition) is 6. The molecule has 1 amide bonds. The van der Waals surface area contributed by atoms with Gasteiger partial charge in [0.25, 0.3) is 11.6 Å². The van der Waals surface area contributed by atoms with Crippen molar-refractivity contribution in [1.29, 1.82) is 0 Å². The summed E-state index contributed by atoms with van der Waals surface area (Å²) in [5.74, 6) is -0.603. The maximum absolute atomic E-state index is 14.5. The summed E-state index contributed by atoms with van der Waals surface area (Å²) in [5.41, 5.74) is 1.79. The Bertz CT molecular complexity index is 1180. The minimum absolute atomic E-state index is 0.167. The van der Waals surface area contributed by atoms with Crippen LogP contribution in [0, 0.1) is 5.82 Å². The molecule has 0 saturated carbocycles. The monoisotopic (exact) mass is 409 g/mol. The number of ether oxygens (including phenoxy) is 1. The fourth-order valence-corrected chi connectivity index (χ4v) is 4.13. The number of carbonyl (C=O) groups excluding carboxylic acids is 1. The summed E-state index contributed by atoms with van der Waals surface area (Å²) in [7, 11) is 0. The van der Waals surface area contributed by atoms with E-state index in [0.29, 0.717) is 42.9 Å². The van der Waals surface area contributed by atoms with Crippen molar-refractivity contribution in [2.75, 3.05) is 26.3 Å². The molecule has 4 aromatic rings. The second kappa shape index (κ2) is 7.38. The van der Waals surface area contributed by atoms with Gasteiger partial charge >= 0.3 is 0 Å². The van der Waals surface area contributed by atoms with Crippen LogP contribution < -0.4 is 0 Å². The molecule has 0 spiro atoms. The van der Waals surface area contributed by atoms with E-state index in [2.05, 4.69) is 10.1 Å². The van der Waals surface area contributed by atoms with Crippen LogP contribution in [0.25, 0.3) is 32.9 Å². The Morgan fingerprint density at radius 2 is 1.97 bits per heavy atom. The van der Waals surface area contributed by atoms with Gasteiger partial charge in [-0.2, -0.15) is 0 Å². The summed E-state index contributed by atoms with van der Waals surface area (Å²) in [4.78, 5) is 20.6. The van der Waals surface area contributed by atoms with E-state index >= 15 is 0 Å². The van der Waals surface area contributed by atoms with Gasteiger partial charge in [0.1, 0.15) is 11.5 Å². The van der Waals surface area contributed by atoms with E-state index in [1.54, 1.807) is 29.2 Å². The van der Waals surface area contributed by atoms with Crippen LogP contribution in [0.4, 0.5) is 4.39 Å². The van der Waals surface area contributed by atoms with Gasteiger partial charge < -0.3 is 14.2 Å². The number of benzene rings is 1. The first-order chi connectivity index (χ1) is 14.2. The molecular weight excluding hydrogens is 393 g/mol. The molecule has 0 aliphatic carbocycles. The minimum atomic E-state index is -0.435. The van der Waals surface area contributed by atoms with E-state index in [0.717, 1.165) is 4.88 Å². The van der Waals surface area contributed by atoms with Crippen molar-refractivity contribution < 1.29 is 18.4 Å². The third kappa shape index (κ3) is 3.20. The van der Waals surface area contributed by atoms with E-state index in [1.165, 1.54) is 17.4 Å². The van der Waals surface area contributed by atoms with E-state index in [4.69, 9.17) is 9.26 Å². The maximum Gasteiger partial charge on any atom is 0.259 e. The first-order valence-electron chi connectivity index (χ1n) is 9.18. The number of fused-ring (bicyclic) bond motifs is 1. The summed E-state index contributed by atoms with van der Waals surface area (Å²) >= 11 is 1.52. The second-order valence-electron chi connectivity index (χ2n) is 6.63. The molecule has 0 atom stereocenters. The smallest absolute Gasteiger partial charge is 0.259 e. The molecule has 4 heterocycles. The van der Waals surface area contributed by atoms with E-state index in [9.17, 15) is 9.18 Å². The van der Waals surface area contributed by atoms with Crippen LogP contribution in [0.2, 0.25) is 0 Å². The summed E-state index contributed by atoms with van der Waals surface area (Å²) in [6.45, 7) is 1.97. The quantitative estimate of drug-likeness (QED) is 0.507. The predicted molar refractivity (Wildman–Crippen MR) is 107 cm³/mol. The first kappa shape index (κ1) is 18.0. The number of thiophene rings is 1. The number of halogens is 1. The van der Waals surface area contributed by atoms with Crippen LogP contribution in [-0.4, -0.2) is 47.3 Å². The largest absolute Gasteiger partial charge is 0.378 e. The van der Waals surface area contributed by atoms with Gasteiger partial charge in [-0.15, -0.1) is 11.3 Å². The van der Waals surface area contributed by atoms with Gasteiger partial charge in [-0.1, -0.05) is 23.4 Å². The lowest BCUT2D eigenvalue weighted by Gasteiger charge is -2.27. The normalized spacial score (nSPS) is 14.4. The average Bonchev–Trinajstić information content (AvgIpc) is 3.44. The highest BCUT2D eigenvalue weighted by atomic mass is 32.1. The summed E-state index contributed by atoms with van der Waals surface area (Å²) in [6, 6.07) is 11.9. The Labute approximate surface area is 169 Å². The molecule has 146 valence electrons. The van der Waals surface area contributed by atoms with Gasteiger partial charge in [0.2, 0.25) is 0 Å². The zero-order valence-electron chi connectivity index (χ0n) is 15.3. The molecule has 1 fully saturated rings. The summed E-state index contributed by atoms with van der Waals surface area (Å²) in [6.07, 6.45) is 0. The molecule has 0 unspecified atom stereocenters. The van der Waals surface area contributed by atoms with Gasteiger partial charge in [0, 0.05) is 18.7 Å². The van der Waals surface area contributed by atoms with Crippen molar-refractivity contribution in [2.45, 2.75) is 0 Å². The number of hydrogen-bond donors (Lipinski definition) is 0. The zero-order valence-corrected chi connectivity index (χ0v) is 16.1. The molecule has 6 nitrogen and oxygen atoms in total. The molecule has 1 aliphatic rings.